The van der Waals surface area contributed by atoms with Gasteiger partial charge in [-0.1, -0.05) is 6.08 Å². The van der Waals surface area contributed by atoms with Gasteiger partial charge in [0.25, 0.3) is 0 Å². The number of aliphatic hydroxyl groups excluding tert-OH is 8. The highest BCUT2D eigenvalue weighted by atomic mass is 16.4. The predicted molar refractivity (Wildman–Crippen MR) is 76.2 cm³/mol. The molecule has 0 aromatic carbocycles. The fourth-order valence-electron chi connectivity index (χ4n) is 0.622. The first-order chi connectivity index (χ1) is 9.73. The molecule has 0 saturated carbocycles. The van der Waals surface area contributed by atoms with Crippen molar-refractivity contribution >= 4 is 0 Å². The highest BCUT2D eigenvalue weighted by Gasteiger charge is 2.22. The highest BCUT2D eigenvalue weighted by molar-refractivity contribution is 4.80. The molecule has 0 bridgehead atoms. The molecule has 0 fully saturated rings. The van der Waals surface area contributed by atoms with Crippen molar-refractivity contribution in [1.82, 2.24) is 0 Å². The van der Waals surface area contributed by atoms with Gasteiger partial charge in [-0.25, -0.2) is 0 Å². The fourth-order valence-corrected chi connectivity index (χ4v) is 0.622. The van der Waals surface area contributed by atoms with Gasteiger partial charge < -0.3 is 46.6 Å². The van der Waals surface area contributed by atoms with Gasteiger partial charge in [-0.15, -0.1) is 6.58 Å². The van der Waals surface area contributed by atoms with Crippen LogP contribution in [0.25, 0.3) is 0 Å². The molecule has 0 saturated heterocycles. The quantitative estimate of drug-likeness (QED) is 0.210. The Morgan fingerprint density at radius 2 is 1.14 bits per heavy atom. The maximum atomic E-state index is 8.77. The fraction of sp³-hybridized carbons (Fsp3) is 0.833. The van der Waals surface area contributed by atoms with Crippen LogP contribution in [0.15, 0.2) is 12.7 Å². The lowest BCUT2D eigenvalue weighted by Gasteiger charge is -2.20. The number of aliphatic hydroxyl groups is 8. The largest absolute Gasteiger partial charge is 0.394 e. The van der Waals surface area contributed by atoms with Crippen molar-refractivity contribution in [1.29, 1.82) is 0 Å². The molecule has 9 heteroatoms. The number of allylic oxidation sites excluding steroid dienone is 1. The summed E-state index contributed by atoms with van der Waals surface area (Å²) in [5, 5.41) is 67.6. The first-order valence-electron chi connectivity index (χ1n) is 6.17. The zero-order valence-corrected chi connectivity index (χ0v) is 12.2. The molecule has 0 radical (unpaired) electrons. The zero-order chi connectivity index (χ0) is 17.5. The smallest absolute Gasteiger partial charge is 0.110 e. The lowest BCUT2D eigenvalue weighted by Crippen LogP contribution is -2.50. The van der Waals surface area contributed by atoms with Gasteiger partial charge in [0.2, 0.25) is 0 Å². The van der Waals surface area contributed by atoms with E-state index in [2.05, 4.69) is 6.58 Å². The molecular formula is C12H29NO8. The Morgan fingerprint density at radius 3 is 1.24 bits per heavy atom. The number of rotatable bonds is 7. The third kappa shape index (κ3) is 14.1. The number of hydrogen-bond donors (Lipinski definition) is 9. The topological polar surface area (TPSA) is 188 Å². The van der Waals surface area contributed by atoms with Crippen LogP contribution < -0.4 is 5.73 Å². The molecule has 0 aliphatic rings. The van der Waals surface area contributed by atoms with E-state index >= 15 is 0 Å². The summed E-state index contributed by atoms with van der Waals surface area (Å²) in [6.07, 6.45) is -2.54. The van der Waals surface area contributed by atoms with Crippen LogP contribution >= 0.6 is 0 Å². The van der Waals surface area contributed by atoms with Crippen molar-refractivity contribution in [3.63, 3.8) is 0 Å². The van der Waals surface area contributed by atoms with Gasteiger partial charge >= 0.3 is 0 Å². The third-order valence-corrected chi connectivity index (χ3v) is 2.11. The van der Waals surface area contributed by atoms with E-state index in [4.69, 9.17) is 46.6 Å². The van der Waals surface area contributed by atoms with E-state index in [-0.39, 0.29) is 0 Å². The minimum atomic E-state index is -1.49. The average Bonchev–Trinajstić information content (AvgIpc) is 2.53. The summed E-state index contributed by atoms with van der Waals surface area (Å²) in [5.74, 6) is 0. The second-order valence-electron chi connectivity index (χ2n) is 4.24. The van der Waals surface area contributed by atoms with Gasteiger partial charge in [0.15, 0.2) is 0 Å². The van der Waals surface area contributed by atoms with E-state index in [1.807, 2.05) is 6.92 Å². The molecule has 0 rings (SSSR count). The SMILES string of the molecule is C=CC.NC(CO)(CO)CO.OC[C@@H](O)C(O)[C@@H](O)CO. The number of hydrogen-bond acceptors (Lipinski definition) is 9. The first kappa shape index (κ1) is 25.3. The van der Waals surface area contributed by atoms with Crippen LogP contribution in [0.3, 0.4) is 0 Å². The standard InChI is InChI=1S/C5H12O5.C4H11NO3.C3H6/c6-1-3(8)5(10)4(9)2-7;5-4(1-6,2-7)3-8;1-3-2/h3-10H,1-2H2;6-8H,1-3,5H2;3H,1H2,2H3/t3-,4+,5?;;. The molecule has 0 aromatic heterocycles. The van der Waals surface area contributed by atoms with E-state index in [1.165, 1.54) is 0 Å². The molecule has 130 valence electrons. The summed E-state index contributed by atoms with van der Waals surface area (Å²) in [4.78, 5) is 0. The molecule has 0 aliphatic carbocycles. The van der Waals surface area contributed by atoms with Gasteiger partial charge in [0, 0.05) is 0 Å². The van der Waals surface area contributed by atoms with Gasteiger partial charge in [0.1, 0.15) is 18.3 Å². The van der Waals surface area contributed by atoms with Crippen LogP contribution in [0.5, 0.6) is 0 Å². The summed E-state index contributed by atoms with van der Waals surface area (Å²) in [7, 11) is 0. The first-order valence-corrected chi connectivity index (χ1v) is 6.17. The minimum Gasteiger partial charge on any atom is -0.394 e. The molecule has 21 heavy (non-hydrogen) atoms. The second kappa shape index (κ2) is 15.8. The Balaban J connectivity index is -0.000000264. The van der Waals surface area contributed by atoms with Crippen LogP contribution in [0.4, 0.5) is 0 Å². The van der Waals surface area contributed by atoms with Crippen LogP contribution in [-0.2, 0) is 0 Å². The predicted octanol–water partition coefficient (Wildman–Crippen LogP) is -4.09. The van der Waals surface area contributed by atoms with Crippen LogP contribution in [0, 0.1) is 0 Å². The van der Waals surface area contributed by atoms with E-state index < -0.39 is 56.9 Å². The Morgan fingerprint density at radius 1 is 0.905 bits per heavy atom. The van der Waals surface area contributed by atoms with Gasteiger partial charge in [-0.3, -0.25) is 0 Å². The Hall–Kier alpha value is -0.620. The molecule has 0 aliphatic heterocycles. The summed E-state index contributed by atoms with van der Waals surface area (Å²) in [6.45, 7) is 2.76. The van der Waals surface area contributed by atoms with Gasteiger partial charge in [-0.05, 0) is 6.92 Å². The zero-order valence-electron chi connectivity index (χ0n) is 12.2. The van der Waals surface area contributed by atoms with E-state index in [0.29, 0.717) is 0 Å². The van der Waals surface area contributed by atoms with Crippen molar-refractivity contribution in [2.45, 2.75) is 30.8 Å². The monoisotopic (exact) mass is 315 g/mol. The Bertz CT molecular complexity index is 207. The van der Waals surface area contributed by atoms with E-state index in [1.54, 1.807) is 6.08 Å². The molecule has 1 unspecified atom stereocenters. The van der Waals surface area contributed by atoms with Crippen LogP contribution in [-0.4, -0.2) is 97.7 Å². The molecule has 0 spiro atoms. The molecule has 3 atom stereocenters. The van der Waals surface area contributed by atoms with Crippen LogP contribution in [0.2, 0.25) is 0 Å². The summed E-state index contributed by atoms with van der Waals surface area (Å²) in [6, 6.07) is 0. The summed E-state index contributed by atoms with van der Waals surface area (Å²) < 4.78 is 0. The minimum absolute atomic E-state index is 0.403. The highest BCUT2D eigenvalue weighted by Crippen LogP contribution is 1.98. The average molecular weight is 315 g/mol. The van der Waals surface area contributed by atoms with Crippen molar-refractivity contribution < 1.29 is 40.9 Å². The lowest BCUT2D eigenvalue weighted by molar-refractivity contribution is -0.0900. The molecule has 0 heterocycles. The molecule has 9 nitrogen and oxygen atoms in total. The van der Waals surface area contributed by atoms with E-state index in [0.717, 1.165) is 0 Å². The van der Waals surface area contributed by atoms with Crippen molar-refractivity contribution in [2.24, 2.45) is 5.73 Å². The second-order valence-corrected chi connectivity index (χ2v) is 4.24. The maximum Gasteiger partial charge on any atom is 0.110 e. The molecular weight excluding hydrogens is 286 g/mol. The lowest BCUT2D eigenvalue weighted by atomic mass is 10.1. The van der Waals surface area contributed by atoms with Crippen molar-refractivity contribution in [2.75, 3.05) is 33.0 Å². The third-order valence-electron chi connectivity index (χ3n) is 2.11. The van der Waals surface area contributed by atoms with Gasteiger partial charge in [0.05, 0.1) is 38.6 Å². The van der Waals surface area contributed by atoms with Crippen LogP contribution in [0.1, 0.15) is 6.92 Å². The Labute approximate surface area is 124 Å². The number of nitrogens with two attached hydrogens (primary N) is 1. The van der Waals surface area contributed by atoms with Crippen molar-refractivity contribution in [3.05, 3.63) is 12.7 Å². The van der Waals surface area contributed by atoms with Gasteiger partial charge in [-0.2, -0.15) is 0 Å². The maximum absolute atomic E-state index is 8.77. The van der Waals surface area contributed by atoms with E-state index in [9.17, 15) is 0 Å². The van der Waals surface area contributed by atoms with Crippen molar-refractivity contribution in [3.8, 4) is 0 Å². The molecule has 10 N–H and O–H groups in total. The molecule has 0 aromatic rings. The molecule has 0 amide bonds. The summed E-state index contributed by atoms with van der Waals surface area (Å²) in [5.41, 5.74) is 3.94. The normalized spacial score (nSPS) is 14.8. The Kier molecular flexibility index (Phi) is 19.0. The summed E-state index contributed by atoms with van der Waals surface area (Å²) >= 11 is 0.